The molecule has 2 unspecified atom stereocenters. The molecule has 2 aromatic rings. The highest BCUT2D eigenvalue weighted by Crippen LogP contribution is 2.69. The summed E-state index contributed by atoms with van der Waals surface area (Å²) in [4.78, 5) is 26.4. The molecule has 0 spiro atoms. The van der Waals surface area contributed by atoms with E-state index in [1.54, 1.807) is 50.2 Å². The van der Waals surface area contributed by atoms with E-state index < -0.39 is 26.3 Å². The van der Waals surface area contributed by atoms with E-state index in [1.807, 2.05) is 0 Å². The van der Waals surface area contributed by atoms with Crippen molar-refractivity contribution in [1.29, 1.82) is 0 Å². The maximum absolute atomic E-state index is 13.9. The van der Waals surface area contributed by atoms with Gasteiger partial charge in [0.25, 0.3) is 14.7 Å². The summed E-state index contributed by atoms with van der Waals surface area (Å²) in [6, 6.07) is 12.8. The molecule has 8 heteroatoms. The van der Waals surface area contributed by atoms with Crippen LogP contribution in [0.5, 0.6) is 0 Å². The van der Waals surface area contributed by atoms with Crippen molar-refractivity contribution in [3.05, 3.63) is 70.3 Å². The van der Waals surface area contributed by atoms with Crippen LogP contribution in [0.15, 0.2) is 59.2 Å². The van der Waals surface area contributed by atoms with E-state index in [4.69, 9.17) is 9.05 Å². The van der Waals surface area contributed by atoms with Crippen molar-refractivity contribution in [1.82, 2.24) is 0 Å². The molecule has 2 heterocycles. The standard InChI is InChI=1S/C20H18O6P2/c1-3-25-27(23)15-11-7-5-9-13(15)17(21)19(27)20-18(22)14-10-6-8-12-16(14)28(20,24)26-4-2/h5-12H,3-4H2,1-2H3/b20-19+. The summed E-state index contributed by atoms with van der Waals surface area (Å²) in [6.45, 7) is 3.44. The third kappa shape index (κ3) is 2.42. The Kier molecular flexibility index (Phi) is 4.64. The molecular weight excluding hydrogens is 398 g/mol. The minimum atomic E-state index is -3.89. The van der Waals surface area contributed by atoms with Gasteiger partial charge in [0.15, 0.2) is 0 Å². The van der Waals surface area contributed by atoms with E-state index in [9.17, 15) is 18.7 Å². The van der Waals surface area contributed by atoms with E-state index in [-0.39, 0.29) is 45.6 Å². The van der Waals surface area contributed by atoms with Crippen molar-refractivity contribution < 1.29 is 27.8 Å². The van der Waals surface area contributed by atoms with Crippen molar-refractivity contribution in [3.63, 3.8) is 0 Å². The molecule has 2 aliphatic heterocycles. The van der Waals surface area contributed by atoms with Crippen LogP contribution < -0.4 is 10.6 Å². The number of hydrogen-bond donors (Lipinski definition) is 0. The lowest BCUT2D eigenvalue weighted by Gasteiger charge is -2.19. The van der Waals surface area contributed by atoms with Crippen LogP contribution in [-0.4, -0.2) is 24.8 Å². The summed E-state index contributed by atoms with van der Waals surface area (Å²) in [5, 5.41) is -0.158. The number of hydrogen-bond acceptors (Lipinski definition) is 6. The molecule has 0 saturated heterocycles. The Morgan fingerprint density at radius 3 is 1.39 bits per heavy atom. The van der Waals surface area contributed by atoms with Gasteiger partial charge in [0, 0.05) is 11.1 Å². The Hall–Kier alpha value is -2.10. The second-order valence-corrected chi connectivity index (χ2v) is 10.9. The molecule has 28 heavy (non-hydrogen) atoms. The van der Waals surface area contributed by atoms with Crippen molar-refractivity contribution >= 4 is 36.9 Å². The molecule has 0 radical (unpaired) electrons. The molecule has 2 atom stereocenters. The highest BCUT2D eigenvalue weighted by molar-refractivity contribution is 7.78. The Morgan fingerprint density at radius 1 is 0.679 bits per heavy atom. The monoisotopic (exact) mass is 416 g/mol. The van der Waals surface area contributed by atoms with Crippen LogP contribution in [0.2, 0.25) is 0 Å². The van der Waals surface area contributed by atoms with Crippen LogP contribution in [0.1, 0.15) is 34.6 Å². The molecule has 0 N–H and O–H groups in total. The third-order valence-corrected chi connectivity index (χ3v) is 10.3. The zero-order valence-electron chi connectivity index (χ0n) is 15.4. The van der Waals surface area contributed by atoms with Crippen molar-refractivity contribution in [3.8, 4) is 0 Å². The maximum atomic E-state index is 13.9. The van der Waals surface area contributed by atoms with Gasteiger partial charge in [-0.1, -0.05) is 36.4 Å². The van der Waals surface area contributed by atoms with Gasteiger partial charge in [0.2, 0.25) is 11.6 Å². The number of rotatable bonds is 4. The average molecular weight is 416 g/mol. The topological polar surface area (TPSA) is 86.7 Å². The number of fused-ring (bicyclic) bond motifs is 2. The first-order valence-corrected chi connectivity index (χ1v) is 12.2. The SMILES string of the molecule is CCOP1(=O)/C(=C2\C(=O)c3ccccc3P2(=O)OCC)C(=O)c2ccccc21. The predicted octanol–water partition coefficient (Wildman–Crippen LogP) is 3.87. The Balaban J connectivity index is 2.10. The lowest BCUT2D eigenvalue weighted by atomic mass is 10.1. The molecule has 6 nitrogen and oxygen atoms in total. The zero-order chi connectivity index (χ0) is 20.1. The predicted molar refractivity (Wildman–Crippen MR) is 106 cm³/mol. The molecule has 0 aromatic heterocycles. The van der Waals surface area contributed by atoms with Gasteiger partial charge in [-0.25, -0.2) is 0 Å². The molecule has 0 aliphatic carbocycles. The van der Waals surface area contributed by atoms with Gasteiger partial charge >= 0.3 is 0 Å². The molecular formula is C20H18O6P2. The van der Waals surface area contributed by atoms with Gasteiger partial charge in [0.1, 0.15) is 10.6 Å². The molecule has 2 aromatic carbocycles. The van der Waals surface area contributed by atoms with Crippen molar-refractivity contribution in [2.45, 2.75) is 13.8 Å². The minimum Gasteiger partial charge on any atom is -0.322 e. The molecule has 0 bridgehead atoms. The zero-order valence-corrected chi connectivity index (χ0v) is 17.2. The van der Waals surface area contributed by atoms with Crippen LogP contribution in [0.25, 0.3) is 0 Å². The highest BCUT2D eigenvalue weighted by Gasteiger charge is 2.55. The van der Waals surface area contributed by atoms with Gasteiger partial charge in [-0.2, -0.15) is 0 Å². The van der Waals surface area contributed by atoms with E-state index in [2.05, 4.69) is 0 Å². The number of allylic oxidation sites excluding steroid dienone is 2. The summed E-state index contributed by atoms with van der Waals surface area (Å²) >= 11 is 0. The van der Waals surface area contributed by atoms with Crippen molar-refractivity contribution in [2.75, 3.05) is 13.2 Å². The molecule has 0 saturated carbocycles. The lowest BCUT2D eigenvalue weighted by molar-refractivity contribution is 0.101. The second kappa shape index (κ2) is 6.75. The Morgan fingerprint density at radius 2 is 1.04 bits per heavy atom. The molecule has 0 fully saturated rings. The summed E-state index contributed by atoms with van der Waals surface area (Å²) in [7, 11) is -7.78. The summed E-state index contributed by atoms with van der Waals surface area (Å²) in [5.74, 6) is -1.19. The summed E-state index contributed by atoms with van der Waals surface area (Å²) < 4.78 is 39.0. The van der Waals surface area contributed by atoms with Gasteiger partial charge < -0.3 is 9.05 Å². The number of Topliss-reactive ketones (excluding diaryl/α,β-unsaturated/α-hetero) is 2. The van der Waals surface area contributed by atoms with Crippen LogP contribution in [0, 0.1) is 0 Å². The first kappa shape index (κ1) is 19.2. The molecule has 4 rings (SSSR count). The molecule has 2 aliphatic rings. The fourth-order valence-electron chi connectivity index (χ4n) is 3.73. The van der Waals surface area contributed by atoms with Crippen LogP contribution >= 0.6 is 14.7 Å². The van der Waals surface area contributed by atoms with Gasteiger partial charge in [-0.15, -0.1) is 0 Å². The average Bonchev–Trinajstić information content (AvgIpc) is 3.03. The second-order valence-electron chi connectivity index (χ2n) is 6.33. The van der Waals surface area contributed by atoms with Crippen molar-refractivity contribution in [2.24, 2.45) is 0 Å². The van der Waals surface area contributed by atoms with Gasteiger partial charge in [-0.3, -0.25) is 18.7 Å². The van der Waals surface area contributed by atoms with Crippen LogP contribution in [0.4, 0.5) is 0 Å². The largest absolute Gasteiger partial charge is 0.322 e. The normalized spacial score (nSPS) is 28.5. The Bertz CT molecular complexity index is 1060. The maximum Gasteiger partial charge on any atom is 0.266 e. The van der Waals surface area contributed by atoms with Gasteiger partial charge in [-0.05, 0) is 26.0 Å². The highest BCUT2D eigenvalue weighted by atomic mass is 31.2. The summed E-state index contributed by atoms with van der Waals surface area (Å²) in [6.07, 6.45) is 0. The van der Waals surface area contributed by atoms with E-state index in [0.717, 1.165) is 0 Å². The lowest BCUT2D eigenvalue weighted by Crippen LogP contribution is -2.09. The molecule has 144 valence electrons. The Labute approximate surface area is 162 Å². The molecule has 0 amide bonds. The first-order chi connectivity index (χ1) is 13.4. The number of benzene rings is 2. The smallest absolute Gasteiger partial charge is 0.266 e. The van der Waals surface area contributed by atoms with Crippen LogP contribution in [0.3, 0.4) is 0 Å². The third-order valence-electron chi connectivity index (χ3n) is 4.80. The number of ketones is 2. The fraction of sp³-hybridized carbons (Fsp3) is 0.200. The fourth-order valence-corrected chi connectivity index (χ4v) is 9.36. The summed E-state index contributed by atoms with van der Waals surface area (Å²) in [5.41, 5.74) is 0.405. The first-order valence-electron chi connectivity index (χ1n) is 8.93. The van der Waals surface area contributed by atoms with Crippen LogP contribution in [-0.2, 0) is 18.2 Å². The van der Waals surface area contributed by atoms with Gasteiger partial charge in [0.05, 0.1) is 23.8 Å². The van der Waals surface area contributed by atoms with E-state index in [1.165, 1.54) is 12.1 Å². The van der Waals surface area contributed by atoms with E-state index in [0.29, 0.717) is 0 Å². The number of carbonyl (C=O) groups is 2. The quantitative estimate of drug-likeness (QED) is 0.556. The van der Waals surface area contributed by atoms with E-state index >= 15 is 0 Å². The number of carbonyl (C=O) groups excluding carboxylic acids is 2. The minimum absolute atomic E-state index is 0.0652.